The van der Waals surface area contributed by atoms with Gasteiger partial charge in [-0.05, 0) is 45.7 Å². The topological polar surface area (TPSA) is 41.7 Å². The number of rotatable bonds is 4. The van der Waals surface area contributed by atoms with Crippen LogP contribution in [0.5, 0.6) is 0 Å². The summed E-state index contributed by atoms with van der Waals surface area (Å²) in [4.78, 5) is 5.11. The fourth-order valence-electron chi connectivity index (χ4n) is 3.43. The van der Waals surface area contributed by atoms with Gasteiger partial charge in [0, 0.05) is 31.7 Å². The molecule has 2 aliphatic rings. The smallest absolute Gasteiger partial charge is 0.138 e. The van der Waals surface area contributed by atoms with E-state index in [-0.39, 0.29) is 0 Å². The molecule has 3 rings (SSSR count). The summed E-state index contributed by atoms with van der Waals surface area (Å²) >= 11 is 0. The molecular weight excluding hydrogens is 266 g/mol. The molecule has 5 heteroatoms. The Morgan fingerprint density at radius 2 is 1.76 bits per heavy atom. The summed E-state index contributed by atoms with van der Waals surface area (Å²) in [6.07, 6.45) is 2.61. The summed E-state index contributed by atoms with van der Waals surface area (Å²) in [5.41, 5.74) is 2.32. The number of aryl methyl sites for hydroxylation is 2. The van der Waals surface area contributed by atoms with Crippen LogP contribution in [0.3, 0.4) is 0 Å². The third-order valence-electron chi connectivity index (χ3n) is 4.89. The summed E-state index contributed by atoms with van der Waals surface area (Å²) in [6.45, 7) is 12.7. The van der Waals surface area contributed by atoms with Crippen LogP contribution < -0.4 is 0 Å². The third-order valence-corrected chi connectivity index (χ3v) is 4.89. The molecule has 3 heterocycles. The second kappa shape index (κ2) is 6.90. The highest BCUT2D eigenvalue weighted by Gasteiger charge is 2.23. The Balaban J connectivity index is 1.44. The number of nitrogens with zero attached hydrogens (tertiary/aromatic N) is 3. The molecule has 2 saturated heterocycles. The molecule has 0 atom stereocenters. The van der Waals surface area contributed by atoms with Crippen molar-refractivity contribution in [3.63, 3.8) is 0 Å². The molecule has 1 aromatic rings. The standard InChI is InChI=1S/C16H27N3O2/c1-13-16(14(2)21-17-13)12-18-5-3-15(4-6-18)11-19-7-9-20-10-8-19/h15H,3-12H2,1-2H3. The molecule has 1 aromatic heterocycles. The van der Waals surface area contributed by atoms with Crippen LogP contribution in [-0.4, -0.2) is 60.9 Å². The second-order valence-electron chi connectivity index (χ2n) is 6.44. The zero-order valence-electron chi connectivity index (χ0n) is 13.3. The Morgan fingerprint density at radius 3 is 2.38 bits per heavy atom. The van der Waals surface area contributed by atoms with Gasteiger partial charge in [0.25, 0.3) is 0 Å². The van der Waals surface area contributed by atoms with Crippen molar-refractivity contribution in [2.75, 3.05) is 45.9 Å². The number of hydrogen-bond acceptors (Lipinski definition) is 5. The van der Waals surface area contributed by atoms with Crippen LogP contribution in [0.2, 0.25) is 0 Å². The fraction of sp³-hybridized carbons (Fsp3) is 0.812. The number of likely N-dealkylation sites (tertiary alicyclic amines) is 1. The summed E-state index contributed by atoms with van der Waals surface area (Å²) < 4.78 is 10.7. The molecular formula is C16H27N3O2. The molecule has 0 N–H and O–H groups in total. The normalized spacial score (nSPS) is 22.8. The maximum absolute atomic E-state index is 5.42. The van der Waals surface area contributed by atoms with Crippen molar-refractivity contribution in [2.24, 2.45) is 5.92 Å². The van der Waals surface area contributed by atoms with Gasteiger partial charge in [-0.1, -0.05) is 5.16 Å². The minimum atomic E-state index is 0.851. The van der Waals surface area contributed by atoms with E-state index in [1.54, 1.807) is 0 Å². The van der Waals surface area contributed by atoms with Crippen molar-refractivity contribution in [3.05, 3.63) is 17.0 Å². The van der Waals surface area contributed by atoms with Gasteiger partial charge in [-0.15, -0.1) is 0 Å². The summed E-state index contributed by atoms with van der Waals surface area (Å²) in [5.74, 6) is 1.83. The first-order valence-corrected chi connectivity index (χ1v) is 8.16. The van der Waals surface area contributed by atoms with Crippen LogP contribution in [0.1, 0.15) is 29.9 Å². The maximum atomic E-state index is 5.42. The number of hydrogen-bond donors (Lipinski definition) is 0. The summed E-state index contributed by atoms with van der Waals surface area (Å²) in [7, 11) is 0. The quantitative estimate of drug-likeness (QED) is 0.847. The molecule has 0 bridgehead atoms. The SMILES string of the molecule is Cc1noc(C)c1CN1CCC(CN2CCOCC2)CC1. The maximum Gasteiger partial charge on any atom is 0.138 e. The molecule has 21 heavy (non-hydrogen) atoms. The number of ether oxygens (including phenoxy) is 1. The molecule has 118 valence electrons. The highest BCUT2D eigenvalue weighted by atomic mass is 16.5. The van der Waals surface area contributed by atoms with Crippen molar-refractivity contribution in [2.45, 2.75) is 33.2 Å². The van der Waals surface area contributed by atoms with Crippen molar-refractivity contribution in [3.8, 4) is 0 Å². The molecule has 5 nitrogen and oxygen atoms in total. The van der Waals surface area contributed by atoms with E-state index < -0.39 is 0 Å². The fourth-order valence-corrected chi connectivity index (χ4v) is 3.43. The van der Waals surface area contributed by atoms with Crippen LogP contribution in [-0.2, 0) is 11.3 Å². The van der Waals surface area contributed by atoms with Crippen molar-refractivity contribution in [1.82, 2.24) is 15.0 Å². The van der Waals surface area contributed by atoms with Gasteiger partial charge >= 0.3 is 0 Å². The predicted molar refractivity (Wildman–Crippen MR) is 81.2 cm³/mol. The molecule has 0 aliphatic carbocycles. The Bertz CT molecular complexity index is 427. The minimum Gasteiger partial charge on any atom is -0.379 e. The van der Waals surface area contributed by atoms with Gasteiger partial charge in [0.1, 0.15) is 5.76 Å². The zero-order valence-corrected chi connectivity index (χ0v) is 13.3. The number of morpholine rings is 1. The number of piperidine rings is 1. The first kappa shape index (κ1) is 15.0. The zero-order chi connectivity index (χ0) is 14.7. The lowest BCUT2D eigenvalue weighted by Gasteiger charge is -2.36. The van der Waals surface area contributed by atoms with E-state index in [1.807, 2.05) is 13.8 Å². The Morgan fingerprint density at radius 1 is 1.05 bits per heavy atom. The average molecular weight is 293 g/mol. The van der Waals surface area contributed by atoms with Crippen molar-refractivity contribution in [1.29, 1.82) is 0 Å². The molecule has 2 fully saturated rings. The lowest BCUT2D eigenvalue weighted by Crippen LogP contribution is -2.42. The molecule has 0 amide bonds. The monoisotopic (exact) mass is 293 g/mol. The van der Waals surface area contributed by atoms with Crippen LogP contribution in [0.25, 0.3) is 0 Å². The minimum absolute atomic E-state index is 0.851. The highest BCUT2D eigenvalue weighted by Crippen LogP contribution is 2.22. The number of aromatic nitrogens is 1. The first-order chi connectivity index (χ1) is 10.2. The van der Waals surface area contributed by atoms with Gasteiger partial charge in [0.15, 0.2) is 0 Å². The summed E-state index contributed by atoms with van der Waals surface area (Å²) in [5, 5.41) is 4.05. The molecule has 0 unspecified atom stereocenters. The van der Waals surface area contributed by atoms with Gasteiger partial charge < -0.3 is 9.26 Å². The van der Waals surface area contributed by atoms with Crippen molar-refractivity contribution >= 4 is 0 Å². The van der Waals surface area contributed by atoms with Gasteiger partial charge in [-0.2, -0.15) is 0 Å². The van der Waals surface area contributed by atoms with E-state index in [0.717, 1.165) is 50.2 Å². The van der Waals surface area contributed by atoms with Crippen molar-refractivity contribution < 1.29 is 9.26 Å². The third kappa shape index (κ3) is 3.84. The Hall–Kier alpha value is -0.910. The Labute approximate surface area is 127 Å². The van der Waals surface area contributed by atoms with Crippen LogP contribution in [0, 0.1) is 19.8 Å². The van der Waals surface area contributed by atoms with E-state index in [2.05, 4.69) is 15.0 Å². The van der Waals surface area contributed by atoms with Crippen LogP contribution >= 0.6 is 0 Å². The van der Waals surface area contributed by atoms with Crippen LogP contribution in [0.4, 0.5) is 0 Å². The van der Waals surface area contributed by atoms with Gasteiger partial charge in [-0.25, -0.2) is 0 Å². The van der Waals surface area contributed by atoms with Gasteiger partial charge in [0.05, 0.1) is 18.9 Å². The van der Waals surface area contributed by atoms with Gasteiger partial charge in [-0.3, -0.25) is 9.80 Å². The van der Waals surface area contributed by atoms with E-state index in [1.165, 1.54) is 38.0 Å². The molecule has 0 spiro atoms. The van der Waals surface area contributed by atoms with Gasteiger partial charge in [0.2, 0.25) is 0 Å². The second-order valence-corrected chi connectivity index (χ2v) is 6.44. The molecule has 0 aromatic carbocycles. The molecule has 0 saturated carbocycles. The first-order valence-electron chi connectivity index (χ1n) is 8.16. The van der Waals surface area contributed by atoms with E-state index in [0.29, 0.717) is 0 Å². The van der Waals surface area contributed by atoms with E-state index >= 15 is 0 Å². The largest absolute Gasteiger partial charge is 0.379 e. The molecule has 2 aliphatic heterocycles. The van der Waals surface area contributed by atoms with E-state index in [9.17, 15) is 0 Å². The summed E-state index contributed by atoms with van der Waals surface area (Å²) in [6, 6.07) is 0. The van der Waals surface area contributed by atoms with Crippen LogP contribution in [0.15, 0.2) is 4.52 Å². The predicted octanol–water partition coefficient (Wildman–Crippen LogP) is 1.84. The van der Waals surface area contributed by atoms with E-state index in [4.69, 9.17) is 9.26 Å². The lowest BCUT2D eigenvalue weighted by molar-refractivity contribution is 0.0242. The Kier molecular flexibility index (Phi) is 4.93. The highest BCUT2D eigenvalue weighted by molar-refractivity contribution is 5.20. The molecule has 0 radical (unpaired) electrons. The average Bonchev–Trinajstić information content (AvgIpc) is 2.82. The lowest BCUT2D eigenvalue weighted by atomic mass is 9.95.